The van der Waals surface area contributed by atoms with Crippen molar-refractivity contribution in [1.82, 2.24) is 14.3 Å². The van der Waals surface area contributed by atoms with Gasteiger partial charge in [-0.3, -0.25) is 4.98 Å². The standard InChI is InChI=1S/C18H19N3O6S/c1-21(11-16-17(22)20-18(23)19-16)28(24,25)15-9-7-14(8-10-15)27-13-5-3-12(26-2)4-6-13/h3-10,22H,11H2,1-2H3,(H2,19,20,23). The number of methoxy groups -OCH3 is 1. The molecule has 0 saturated heterocycles. The van der Waals surface area contributed by atoms with Crippen LogP contribution in [0.25, 0.3) is 0 Å². The maximum atomic E-state index is 12.7. The highest BCUT2D eigenvalue weighted by Crippen LogP contribution is 2.26. The van der Waals surface area contributed by atoms with E-state index in [-0.39, 0.29) is 17.1 Å². The molecule has 148 valence electrons. The van der Waals surface area contributed by atoms with E-state index in [1.54, 1.807) is 43.5 Å². The molecule has 0 aliphatic heterocycles. The zero-order chi connectivity index (χ0) is 20.3. The highest BCUT2D eigenvalue weighted by molar-refractivity contribution is 7.89. The first-order valence-electron chi connectivity index (χ1n) is 8.18. The van der Waals surface area contributed by atoms with Gasteiger partial charge < -0.3 is 19.6 Å². The quantitative estimate of drug-likeness (QED) is 0.552. The first kappa shape index (κ1) is 19.5. The number of aromatic nitrogens is 2. The molecule has 3 N–H and O–H groups in total. The lowest BCUT2D eigenvalue weighted by atomic mass is 10.3. The Bertz CT molecular complexity index is 1100. The zero-order valence-electron chi connectivity index (χ0n) is 15.2. The molecule has 2 aromatic carbocycles. The van der Waals surface area contributed by atoms with E-state index in [1.807, 2.05) is 0 Å². The molecule has 0 spiro atoms. The number of ether oxygens (including phenoxy) is 2. The number of H-pyrrole nitrogens is 2. The Morgan fingerprint density at radius 2 is 1.50 bits per heavy atom. The van der Waals surface area contributed by atoms with Gasteiger partial charge in [0, 0.05) is 7.05 Å². The lowest BCUT2D eigenvalue weighted by Crippen LogP contribution is -2.26. The minimum absolute atomic E-state index is 0.0504. The van der Waals surface area contributed by atoms with Crippen molar-refractivity contribution in [2.45, 2.75) is 11.4 Å². The molecule has 0 unspecified atom stereocenters. The molecule has 1 heterocycles. The van der Waals surface area contributed by atoms with Crippen molar-refractivity contribution in [2.75, 3.05) is 14.2 Å². The van der Waals surface area contributed by atoms with Crippen LogP contribution in [0.1, 0.15) is 5.69 Å². The SMILES string of the molecule is COc1ccc(Oc2ccc(S(=O)(=O)N(C)Cc3[nH]c(=O)[nH]c3O)cc2)cc1. The number of aromatic amines is 2. The number of hydrogen-bond donors (Lipinski definition) is 3. The minimum Gasteiger partial charge on any atom is -0.497 e. The summed E-state index contributed by atoms with van der Waals surface area (Å²) in [5, 5.41) is 9.59. The number of imidazole rings is 1. The van der Waals surface area contributed by atoms with E-state index in [0.29, 0.717) is 17.2 Å². The van der Waals surface area contributed by atoms with Gasteiger partial charge in [0.25, 0.3) is 0 Å². The number of rotatable bonds is 7. The number of benzene rings is 2. The van der Waals surface area contributed by atoms with Gasteiger partial charge >= 0.3 is 5.69 Å². The second kappa shape index (κ2) is 7.79. The normalized spacial score (nSPS) is 11.5. The van der Waals surface area contributed by atoms with Crippen LogP contribution in [0, 0.1) is 0 Å². The van der Waals surface area contributed by atoms with E-state index in [0.717, 1.165) is 4.31 Å². The molecular weight excluding hydrogens is 386 g/mol. The Labute approximate surface area is 161 Å². The summed E-state index contributed by atoms with van der Waals surface area (Å²) in [6, 6.07) is 12.9. The molecule has 0 fully saturated rings. The Morgan fingerprint density at radius 3 is 2.00 bits per heavy atom. The predicted molar refractivity (Wildman–Crippen MR) is 101 cm³/mol. The maximum Gasteiger partial charge on any atom is 0.326 e. The molecule has 0 aliphatic rings. The monoisotopic (exact) mass is 405 g/mol. The van der Waals surface area contributed by atoms with Gasteiger partial charge in [-0.15, -0.1) is 0 Å². The van der Waals surface area contributed by atoms with E-state index < -0.39 is 21.6 Å². The fourth-order valence-electron chi connectivity index (χ4n) is 2.47. The largest absolute Gasteiger partial charge is 0.497 e. The fourth-order valence-corrected chi connectivity index (χ4v) is 3.61. The van der Waals surface area contributed by atoms with Crippen molar-refractivity contribution >= 4 is 10.0 Å². The van der Waals surface area contributed by atoms with Crippen LogP contribution in [0.4, 0.5) is 0 Å². The number of aromatic hydroxyl groups is 1. The van der Waals surface area contributed by atoms with Crippen molar-refractivity contribution in [2.24, 2.45) is 0 Å². The lowest BCUT2D eigenvalue weighted by molar-refractivity contribution is 0.412. The highest BCUT2D eigenvalue weighted by Gasteiger charge is 2.23. The predicted octanol–water partition coefficient (Wildman–Crippen LogP) is 2.03. The minimum atomic E-state index is -3.83. The molecule has 0 radical (unpaired) electrons. The number of nitrogens with one attached hydrogen (secondary N) is 2. The van der Waals surface area contributed by atoms with Crippen LogP contribution < -0.4 is 15.2 Å². The molecule has 1 aromatic heterocycles. The summed E-state index contributed by atoms with van der Waals surface area (Å²) in [6.07, 6.45) is 0. The molecule has 3 rings (SSSR count). The average Bonchev–Trinajstić information content (AvgIpc) is 2.99. The van der Waals surface area contributed by atoms with E-state index in [4.69, 9.17) is 9.47 Å². The summed E-state index contributed by atoms with van der Waals surface area (Å²) in [6.45, 7) is -0.197. The fraction of sp³-hybridized carbons (Fsp3) is 0.167. The summed E-state index contributed by atoms with van der Waals surface area (Å²) < 4.78 is 37.1. The third-order valence-electron chi connectivity index (χ3n) is 3.99. The lowest BCUT2D eigenvalue weighted by Gasteiger charge is -2.16. The highest BCUT2D eigenvalue weighted by atomic mass is 32.2. The molecule has 28 heavy (non-hydrogen) atoms. The van der Waals surface area contributed by atoms with Crippen molar-refractivity contribution < 1.29 is 23.0 Å². The number of sulfonamides is 1. The van der Waals surface area contributed by atoms with Gasteiger partial charge in [0.15, 0.2) is 0 Å². The number of nitrogens with zero attached hydrogens (tertiary/aromatic N) is 1. The van der Waals surface area contributed by atoms with Gasteiger partial charge in [0.1, 0.15) is 17.2 Å². The Kier molecular flexibility index (Phi) is 5.43. The summed E-state index contributed by atoms with van der Waals surface area (Å²) in [5.74, 6) is 1.36. The third kappa shape index (κ3) is 4.18. The van der Waals surface area contributed by atoms with Crippen LogP contribution >= 0.6 is 0 Å². The van der Waals surface area contributed by atoms with Crippen LogP contribution in [0.2, 0.25) is 0 Å². The van der Waals surface area contributed by atoms with E-state index in [1.165, 1.54) is 19.2 Å². The van der Waals surface area contributed by atoms with Crippen molar-refractivity contribution in [3.8, 4) is 23.1 Å². The first-order chi connectivity index (χ1) is 13.3. The second-order valence-corrected chi connectivity index (χ2v) is 7.96. The molecule has 0 saturated carbocycles. The smallest absolute Gasteiger partial charge is 0.326 e. The second-order valence-electron chi connectivity index (χ2n) is 5.92. The Hall–Kier alpha value is -3.24. The zero-order valence-corrected chi connectivity index (χ0v) is 16.0. The summed E-state index contributed by atoms with van der Waals surface area (Å²) in [7, 11) is -0.909. The van der Waals surface area contributed by atoms with Crippen molar-refractivity contribution in [3.63, 3.8) is 0 Å². The molecule has 0 atom stereocenters. The molecule has 0 amide bonds. The van der Waals surface area contributed by atoms with Gasteiger partial charge in [0.05, 0.1) is 24.2 Å². The van der Waals surface area contributed by atoms with Gasteiger partial charge in [-0.05, 0) is 48.5 Å². The first-order valence-corrected chi connectivity index (χ1v) is 9.62. The van der Waals surface area contributed by atoms with E-state index >= 15 is 0 Å². The molecule has 0 bridgehead atoms. The summed E-state index contributed by atoms with van der Waals surface area (Å²) in [4.78, 5) is 15.7. The van der Waals surface area contributed by atoms with Crippen LogP contribution in [-0.4, -0.2) is 42.0 Å². The van der Waals surface area contributed by atoms with Crippen LogP contribution in [0.5, 0.6) is 23.1 Å². The van der Waals surface area contributed by atoms with Gasteiger partial charge in [0.2, 0.25) is 15.9 Å². The average molecular weight is 405 g/mol. The van der Waals surface area contributed by atoms with E-state index in [2.05, 4.69) is 9.97 Å². The summed E-state index contributed by atoms with van der Waals surface area (Å²) >= 11 is 0. The summed E-state index contributed by atoms with van der Waals surface area (Å²) in [5.41, 5.74) is -0.533. The maximum absolute atomic E-state index is 12.7. The molecule has 0 aliphatic carbocycles. The molecule has 10 heteroatoms. The number of hydrogen-bond acceptors (Lipinski definition) is 6. The van der Waals surface area contributed by atoms with Gasteiger partial charge in [-0.1, -0.05) is 0 Å². The third-order valence-corrected chi connectivity index (χ3v) is 5.81. The van der Waals surface area contributed by atoms with Crippen LogP contribution in [0.3, 0.4) is 0 Å². The van der Waals surface area contributed by atoms with Crippen LogP contribution in [-0.2, 0) is 16.6 Å². The molecule has 9 nitrogen and oxygen atoms in total. The molecular formula is C18H19N3O6S. The van der Waals surface area contributed by atoms with Crippen molar-refractivity contribution in [1.29, 1.82) is 0 Å². The van der Waals surface area contributed by atoms with Gasteiger partial charge in [-0.2, -0.15) is 4.31 Å². The topological polar surface area (TPSA) is 125 Å². The Balaban J connectivity index is 1.73. The van der Waals surface area contributed by atoms with Crippen LogP contribution in [0.15, 0.2) is 58.2 Å². The Morgan fingerprint density at radius 1 is 0.964 bits per heavy atom. The van der Waals surface area contributed by atoms with E-state index in [9.17, 15) is 18.3 Å². The van der Waals surface area contributed by atoms with Gasteiger partial charge in [-0.25, -0.2) is 13.2 Å². The van der Waals surface area contributed by atoms with Crippen molar-refractivity contribution in [3.05, 3.63) is 64.7 Å². The molecule has 3 aromatic rings.